The topological polar surface area (TPSA) is 84.2 Å². The first-order chi connectivity index (χ1) is 12.7. The molecule has 1 amide bonds. The summed E-state index contributed by atoms with van der Waals surface area (Å²) < 4.78 is 1.78. The van der Waals surface area contributed by atoms with Gasteiger partial charge in [0.25, 0.3) is 0 Å². The molecule has 0 saturated carbocycles. The molecule has 0 unspecified atom stereocenters. The van der Waals surface area contributed by atoms with E-state index < -0.39 is 5.41 Å². The van der Waals surface area contributed by atoms with Crippen LogP contribution in [0.5, 0.6) is 0 Å². The number of thiocarbonyl (C=S) groups is 1. The summed E-state index contributed by atoms with van der Waals surface area (Å²) >= 11 is 6.78. The van der Waals surface area contributed by atoms with Gasteiger partial charge in [-0.1, -0.05) is 51.2 Å². The number of carbonyl (C=O) groups is 1. The average molecular weight is 403 g/mol. The van der Waals surface area contributed by atoms with E-state index in [-0.39, 0.29) is 11.0 Å². The van der Waals surface area contributed by atoms with Gasteiger partial charge in [0.1, 0.15) is 5.01 Å². The van der Waals surface area contributed by atoms with Crippen molar-refractivity contribution in [1.29, 1.82) is 0 Å². The van der Waals surface area contributed by atoms with Crippen molar-refractivity contribution in [3.05, 3.63) is 29.6 Å². The minimum atomic E-state index is -0.511. The zero-order valence-corrected chi connectivity index (χ0v) is 17.6. The van der Waals surface area contributed by atoms with Gasteiger partial charge in [0.05, 0.1) is 0 Å². The quantitative estimate of drug-likeness (QED) is 0.652. The van der Waals surface area contributed by atoms with Gasteiger partial charge >= 0.3 is 0 Å². The number of aromatic nitrogens is 4. The van der Waals surface area contributed by atoms with Crippen molar-refractivity contribution in [2.24, 2.45) is 5.41 Å². The van der Waals surface area contributed by atoms with Crippen LogP contribution >= 0.6 is 23.6 Å². The highest BCUT2D eigenvalue weighted by atomic mass is 32.1. The summed E-state index contributed by atoms with van der Waals surface area (Å²) in [6.07, 6.45) is 0.771. The van der Waals surface area contributed by atoms with Crippen LogP contribution in [0.3, 0.4) is 0 Å². The SMILES string of the molecule is CCc1nnc2sc(-c3ccc(C)c(NC(=S)NC(=O)C(C)(C)C)c3)nn12. The minimum Gasteiger partial charge on any atom is -0.332 e. The van der Waals surface area contributed by atoms with Gasteiger partial charge < -0.3 is 10.6 Å². The highest BCUT2D eigenvalue weighted by Gasteiger charge is 2.22. The molecule has 2 aromatic heterocycles. The third-order valence-electron chi connectivity index (χ3n) is 4.01. The van der Waals surface area contributed by atoms with E-state index in [1.54, 1.807) is 4.52 Å². The van der Waals surface area contributed by atoms with E-state index in [0.29, 0.717) is 0 Å². The van der Waals surface area contributed by atoms with Gasteiger partial charge in [0.2, 0.25) is 10.9 Å². The summed E-state index contributed by atoms with van der Waals surface area (Å²) in [7, 11) is 0. The van der Waals surface area contributed by atoms with Gasteiger partial charge in [-0.3, -0.25) is 4.79 Å². The molecular formula is C18H22N6OS2. The Hall–Kier alpha value is -2.39. The maximum Gasteiger partial charge on any atom is 0.234 e. The smallest absolute Gasteiger partial charge is 0.234 e. The molecule has 3 rings (SSSR count). The largest absolute Gasteiger partial charge is 0.332 e. The van der Waals surface area contributed by atoms with Crippen LogP contribution in [0.2, 0.25) is 0 Å². The second-order valence-corrected chi connectivity index (χ2v) is 8.62. The number of nitrogens with one attached hydrogen (secondary N) is 2. The fourth-order valence-corrected chi connectivity index (χ4v) is 3.39. The van der Waals surface area contributed by atoms with Crippen LogP contribution in [0, 0.1) is 12.3 Å². The molecule has 27 heavy (non-hydrogen) atoms. The molecule has 1 aromatic carbocycles. The number of carbonyl (C=O) groups excluding carboxylic acids is 1. The zero-order chi connectivity index (χ0) is 19.8. The Bertz CT molecular complexity index is 1010. The number of anilines is 1. The fraction of sp³-hybridized carbons (Fsp3) is 0.389. The van der Waals surface area contributed by atoms with E-state index in [0.717, 1.165) is 39.0 Å². The number of nitrogens with zero attached hydrogens (tertiary/aromatic N) is 4. The van der Waals surface area contributed by atoms with Crippen molar-refractivity contribution >= 4 is 45.2 Å². The lowest BCUT2D eigenvalue weighted by Crippen LogP contribution is -2.41. The van der Waals surface area contributed by atoms with E-state index in [9.17, 15) is 4.79 Å². The molecule has 9 heteroatoms. The molecule has 0 saturated heterocycles. The summed E-state index contributed by atoms with van der Waals surface area (Å²) in [4.78, 5) is 12.9. The summed E-state index contributed by atoms with van der Waals surface area (Å²) in [5.41, 5.74) is 2.28. The van der Waals surface area contributed by atoms with Crippen LogP contribution in [-0.2, 0) is 11.2 Å². The standard InChI is InChI=1S/C18H22N6OS2/c1-6-13-21-22-17-24(13)23-14(27-17)11-8-7-10(2)12(9-11)19-16(26)20-15(25)18(3,4)5/h7-9H,6H2,1-5H3,(H2,19,20,25,26). The van der Waals surface area contributed by atoms with E-state index in [1.165, 1.54) is 11.3 Å². The Morgan fingerprint density at radius 2 is 2.04 bits per heavy atom. The number of hydrogen-bond acceptors (Lipinski definition) is 6. The first kappa shape index (κ1) is 19.4. The summed E-state index contributed by atoms with van der Waals surface area (Å²) in [5.74, 6) is 0.707. The first-order valence-corrected chi connectivity index (χ1v) is 9.86. The lowest BCUT2D eigenvalue weighted by atomic mass is 9.96. The maximum absolute atomic E-state index is 12.1. The normalized spacial score (nSPS) is 11.6. The number of amides is 1. The first-order valence-electron chi connectivity index (χ1n) is 8.63. The second kappa shape index (κ2) is 7.32. The molecule has 0 fully saturated rings. The minimum absolute atomic E-state index is 0.130. The summed E-state index contributed by atoms with van der Waals surface area (Å²) in [6, 6.07) is 5.98. The van der Waals surface area contributed by atoms with Gasteiger partial charge in [0, 0.05) is 23.1 Å². The lowest BCUT2D eigenvalue weighted by Gasteiger charge is -2.19. The second-order valence-electron chi connectivity index (χ2n) is 7.26. The molecule has 0 radical (unpaired) electrons. The molecule has 2 heterocycles. The van der Waals surface area contributed by atoms with Crippen molar-refractivity contribution in [1.82, 2.24) is 25.1 Å². The van der Waals surface area contributed by atoms with Crippen LogP contribution in [0.1, 0.15) is 39.1 Å². The Morgan fingerprint density at radius 1 is 1.30 bits per heavy atom. The highest BCUT2D eigenvalue weighted by molar-refractivity contribution is 7.80. The molecule has 0 aliphatic carbocycles. The van der Waals surface area contributed by atoms with Gasteiger partial charge in [-0.05, 0) is 30.8 Å². The van der Waals surface area contributed by atoms with Crippen LogP contribution in [-0.4, -0.2) is 30.8 Å². The fourth-order valence-electron chi connectivity index (χ4n) is 2.33. The van der Waals surface area contributed by atoms with E-state index in [4.69, 9.17) is 12.2 Å². The monoisotopic (exact) mass is 402 g/mol. The van der Waals surface area contributed by atoms with Gasteiger partial charge in [-0.25, -0.2) is 0 Å². The lowest BCUT2D eigenvalue weighted by molar-refractivity contribution is -0.126. The predicted molar refractivity (Wildman–Crippen MR) is 112 cm³/mol. The Kier molecular flexibility index (Phi) is 5.25. The third kappa shape index (κ3) is 4.14. The number of fused-ring (bicyclic) bond motifs is 1. The number of benzene rings is 1. The molecule has 0 spiro atoms. The Labute approximate surface area is 167 Å². The van der Waals surface area contributed by atoms with Crippen LogP contribution in [0.15, 0.2) is 18.2 Å². The number of rotatable bonds is 3. The van der Waals surface area contributed by atoms with Crippen molar-refractivity contribution in [2.75, 3.05) is 5.32 Å². The molecule has 0 atom stereocenters. The third-order valence-corrected chi connectivity index (χ3v) is 5.16. The molecule has 7 nitrogen and oxygen atoms in total. The van der Waals surface area contributed by atoms with Crippen molar-refractivity contribution in [2.45, 2.75) is 41.0 Å². The van der Waals surface area contributed by atoms with Crippen molar-refractivity contribution in [3.8, 4) is 10.6 Å². The predicted octanol–water partition coefficient (Wildman–Crippen LogP) is 3.58. The van der Waals surface area contributed by atoms with E-state index in [1.807, 2.05) is 52.8 Å². The molecule has 2 N–H and O–H groups in total. The van der Waals surface area contributed by atoms with Crippen LogP contribution in [0.25, 0.3) is 15.5 Å². The average Bonchev–Trinajstić information content (AvgIpc) is 3.16. The zero-order valence-electron chi connectivity index (χ0n) is 16.0. The van der Waals surface area contributed by atoms with Gasteiger partial charge in [-0.15, -0.1) is 10.2 Å². The Balaban J connectivity index is 1.84. The molecule has 0 aliphatic rings. The molecule has 0 aliphatic heterocycles. The molecular weight excluding hydrogens is 380 g/mol. The number of hydrogen-bond donors (Lipinski definition) is 2. The molecule has 142 valence electrons. The van der Waals surface area contributed by atoms with Crippen molar-refractivity contribution < 1.29 is 4.79 Å². The number of aryl methyl sites for hydroxylation is 2. The summed E-state index contributed by atoms with van der Waals surface area (Å²) in [5, 5.41) is 19.9. The molecule has 3 aromatic rings. The van der Waals surface area contributed by atoms with Crippen LogP contribution in [0.4, 0.5) is 5.69 Å². The summed E-state index contributed by atoms with van der Waals surface area (Å²) in [6.45, 7) is 9.53. The maximum atomic E-state index is 12.1. The molecule has 0 bridgehead atoms. The Morgan fingerprint density at radius 3 is 2.70 bits per heavy atom. The van der Waals surface area contributed by atoms with E-state index >= 15 is 0 Å². The van der Waals surface area contributed by atoms with Gasteiger partial charge in [-0.2, -0.15) is 9.61 Å². The van der Waals surface area contributed by atoms with E-state index in [2.05, 4.69) is 25.9 Å². The highest BCUT2D eigenvalue weighted by Crippen LogP contribution is 2.29. The van der Waals surface area contributed by atoms with Crippen molar-refractivity contribution in [3.63, 3.8) is 0 Å². The van der Waals surface area contributed by atoms with Crippen LogP contribution < -0.4 is 10.6 Å². The van der Waals surface area contributed by atoms with Gasteiger partial charge in [0.15, 0.2) is 10.9 Å².